The Labute approximate surface area is 198 Å². The van der Waals surface area contributed by atoms with E-state index < -0.39 is 17.3 Å². The minimum atomic E-state index is -3.71. The maximum atomic E-state index is 8.09. The molecule has 0 heterocycles. The van der Waals surface area contributed by atoms with Gasteiger partial charge < -0.3 is 0 Å². The van der Waals surface area contributed by atoms with Gasteiger partial charge in [-0.15, -0.1) is 0 Å². The molecule has 0 saturated heterocycles. The van der Waals surface area contributed by atoms with Crippen LogP contribution in [0.5, 0.6) is 0 Å². The third-order valence-electron chi connectivity index (χ3n) is 7.38. The molecule has 3 aromatic carbocycles. The zero-order chi connectivity index (χ0) is 22.0. The van der Waals surface area contributed by atoms with Crippen LogP contribution in [0.3, 0.4) is 0 Å². The van der Waals surface area contributed by atoms with Gasteiger partial charge in [0.25, 0.3) is 0 Å². The monoisotopic (exact) mass is 549 g/mol. The molecular weight excluding hydrogens is 520 g/mol. The van der Waals surface area contributed by atoms with E-state index in [4.69, 9.17) is 13.8 Å². The number of allylic oxidation sites excluding steroid dienone is 2. The van der Waals surface area contributed by atoms with E-state index in [1.807, 2.05) is 0 Å². The molecule has 162 valence electrons. The van der Waals surface area contributed by atoms with Crippen molar-refractivity contribution in [3.05, 3.63) is 109 Å². The van der Waals surface area contributed by atoms with Crippen LogP contribution in [-0.4, -0.2) is 30.6 Å². The van der Waals surface area contributed by atoms with Gasteiger partial charge in [-0.3, -0.25) is 0 Å². The van der Waals surface area contributed by atoms with Gasteiger partial charge in [0.1, 0.15) is 0 Å². The molecule has 1 fully saturated rings. The summed E-state index contributed by atoms with van der Waals surface area (Å²) in [5.74, 6) is 0.875. The summed E-state index contributed by atoms with van der Waals surface area (Å²) in [6.45, 7) is 0. The van der Waals surface area contributed by atoms with Crippen molar-refractivity contribution in [1.82, 2.24) is 0 Å². The molecule has 0 radical (unpaired) electrons. The van der Waals surface area contributed by atoms with Gasteiger partial charge in [0.05, 0.1) is 0 Å². The Kier molecular flexibility index (Phi) is 6.17. The Morgan fingerprint density at radius 2 is 1.47 bits per heavy atom. The Hall–Kier alpha value is -2.04. The predicted octanol–water partition coefficient (Wildman–Crippen LogP) is 5.42. The molecule has 0 aromatic heterocycles. The summed E-state index contributed by atoms with van der Waals surface area (Å²) in [6, 6.07) is 32.5. The van der Waals surface area contributed by atoms with Crippen LogP contribution in [0.25, 0.3) is 0 Å². The third kappa shape index (κ3) is 3.62. The van der Waals surface area contributed by atoms with Crippen LogP contribution in [0.2, 0.25) is 3.93 Å². The van der Waals surface area contributed by atoms with Crippen molar-refractivity contribution in [3.8, 4) is 0 Å². The first-order chi connectivity index (χ1) is 15.7. The van der Waals surface area contributed by atoms with E-state index in [9.17, 15) is 0 Å². The zero-order valence-corrected chi connectivity index (χ0v) is 21.9. The number of hydrogen-bond donors (Lipinski definition) is 0. The third-order valence-corrected chi connectivity index (χ3v) is 23.8. The normalized spacial score (nSPS) is 26.6. The van der Waals surface area contributed by atoms with Crippen LogP contribution in [0.4, 0.5) is 0 Å². The molecule has 2 bridgehead atoms. The average molecular weight is 549 g/mol. The van der Waals surface area contributed by atoms with Gasteiger partial charge in [-0.1, -0.05) is 0 Å². The Morgan fingerprint density at radius 3 is 2.03 bits per heavy atom. The van der Waals surface area contributed by atoms with E-state index in [1.54, 1.807) is 7.11 Å². The van der Waals surface area contributed by atoms with Gasteiger partial charge in [0, 0.05) is 0 Å². The molecule has 0 N–H and O–H groups in total. The van der Waals surface area contributed by atoms with Crippen LogP contribution in [0, 0.1) is 17.3 Å². The van der Waals surface area contributed by atoms with Crippen LogP contribution >= 0.6 is 8.92 Å². The first kappa shape index (κ1) is 21.8. The van der Waals surface area contributed by atoms with Crippen LogP contribution in [0.15, 0.2) is 108 Å². The molecule has 0 amide bonds. The van der Waals surface area contributed by atoms with E-state index in [2.05, 4.69) is 115 Å². The first-order valence-corrected chi connectivity index (χ1v) is 19.4. The van der Waals surface area contributed by atoms with Gasteiger partial charge in [-0.25, -0.2) is 0 Å². The molecule has 3 aromatic rings. The van der Waals surface area contributed by atoms with Gasteiger partial charge >= 0.3 is 199 Å². The maximum absolute atomic E-state index is 8.09. The summed E-state index contributed by atoms with van der Waals surface area (Å²) < 4.78 is 3.00. The summed E-state index contributed by atoms with van der Waals surface area (Å²) in [4.78, 5) is 5.27. The molecule has 5 rings (SSSR count). The molecule has 32 heavy (non-hydrogen) atoms. The number of nitrogens with zero attached hydrogens (tertiary/aromatic N) is 1. The molecule has 1 saturated carbocycles. The number of fused-ring (bicyclic) bond motifs is 2. The average Bonchev–Trinajstić information content (AvgIpc) is 3.45. The fraction of sp³-hybridized carbons (Fsp3) is 0.250. The fourth-order valence-electron chi connectivity index (χ4n) is 6.12. The second kappa shape index (κ2) is 9.07. The molecule has 4 heteroatoms. The molecule has 0 unspecified atom stereocenters. The van der Waals surface area contributed by atoms with Crippen molar-refractivity contribution in [2.75, 3.05) is 7.11 Å². The molecule has 2 aliphatic carbocycles. The van der Waals surface area contributed by atoms with E-state index in [0.717, 1.165) is 12.8 Å². The van der Waals surface area contributed by atoms with Crippen LogP contribution in [0.1, 0.15) is 12.0 Å². The van der Waals surface area contributed by atoms with Gasteiger partial charge in [-0.05, 0) is 0 Å². The van der Waals surface area contributed by atoms with Crippen molar-refractivity contribution >= 4 is 39.5 Å². The summed E-state index contributed by atoms with van der Waals surface area (Å²) in [5, 5.41) is 4.41. The summed E-state index contributed by atoms with van der Waals surface area (Å²) in [5.41, 5.74) is 1.16. The second-order valence-electron chi connectivity index (χ2n) is 9.00. The number of hydrogen-bond acceptors (Lipinski definition) is 2. The number of rotatable bonds is 7. The summed E-state index contributed by atoms with van der Waals surface area (Å²) >= 11 is -3.71. The molecule has 2 nitrogen and oxygen atoms in total. The van der Waals surface area contributed by atoms with Crippen LogP contribution < -0.4 is 7.16 Å². The van der Waals surface area contributed by atoms with Gasteiger partial charge in [0.2, 0.25) is 0 Å². The van der Waals surface area contributed by atoms with E-state index in [-0.39, 0.29) is 5.41 Å². The van der Waals surface area contributed by atoms with E-state index >= 15 is 0 Å². The second-order valence-corrected chi connectivity index (χ2v) is 22.1. The number of oxime groups is 1. The van der Waals surface area contributed by atoms with E-state index in [1.165, 1.54) is 12.7 Å². The van der Waals surface area contributed by atoms with Crippen molar-refractivity contribution in [2.24, 2.45) is 22.4 Å². The van der Waals surface area contributed by atoms with Gasteiger partial charge in [-0.2, -0.15) is 0 Å². The van der Waals surface area contributed by atoms with Crippen LogP contribution in [-0.2, 0) is 11.3 Å². The standard InChI is InChI=1S/C16H18NO.2C6H5.ClH.Sn/c1-18-17-12-16(10-13-5-3-2-4-6-13)11-14-7-8-15(16)9-14;2*1-2-4-6-5-3-1;;/h2-8,11-12,14-15H,9-10H2,1H3;2*1-5H;1H;/q;;;;+1/p-1/b17-12+;;;;/t14-,15+,16-;;;;/m0..../s1. The predicted molar refractivity (Wildman–Crippen MR) is 136 cm³/mol. The Balaban J connectivity index is 1.73. The number of halogens is 1. The summed E-state index contributed by atoms with van der Waals surface area (Å²) in [6.07, 6.45) is 9.00. The minimum absolute atomic E-state index is 0.166. The zero-order valence-electron chi connectivity index (χ0n) is 18.3. The van der Waals surface area contributed by atoms with Crippen molar-refractivity contribution < 1.29 is 4.84 Å². The Bertz CT molecular complexity index is 1060. The SMILES string of the molecule is CO/N=C/[C@@]1(Cc2ccccc2)[C@@H]2C=C[C@@H](C2)[C@H]1[Sn]([Cl])([c]1ccccc1)[c]1ccccc1. The quantitative estimate of drug-likeness (QED) is 0.167. The molecule has 0 spiro atoms. The number of benzene rings is 3. The van der Waals surface area contributed by atoms with Gasteiger partial charge in [0.15, 0.2) is 0 Å². The molecule has 2 aliphatic rings. The van der Waals surface area contributed by atoms with Crippen molar-refractivity contribution in [3.63, 3.8) is 0 Å². The Morgan fingerprint density at radius 1 is 0.906 bits per heavy atom. The molecule has 4 atom stereocenters. The fourth-order valence-corrected chi connectivity index (χ4v) is 22.7. The molecule has 0 aliphatic heterocycles. The first-order valence-electron chi connectivity index (χ1n) is 11.3. The van der Waals surface area contributed by atoms with Crippen molar-refractivity contribution in [2.45, 2.75) is 16.8 Å². The molecular formula is C28H28ClNOSn. The van der Waals surface area contributed by atoms with E-state index in [0.29, 0.717) is 15.8 Å². The topological polar surface area (TPSA) is 21.6 Å². The summed E-state index contributed by atoms with van der Waals surface area (Å²) in [7, 11) is 9.73. The van der Waals surface area contributed by atoms with Crippen molar-refractivity contribution in [1.29, 1.82) is 0 Å².